The number of aromatic amines is 1. The predicted octanol–water partition coefficient (Wildman–Crippen LogP) is 0.605. The van der Waals surface area contributed by atoms with Gasteiger partial charge in [0, 0.05) is 12.7 Å². The fourth-order valence-electron chi connectivity index (χ4n) is 1.04. The van der Waals surface area contributed by atoms with Crippen LogP contribution in [0.2, 0.25) is 0 Å². The molecule has 0 aliphatic rings. The molecule has 0 bridgehead atoms. The zero-order valence-electron chi connectivity index (χ0n) is 5.92. The Morgan fingerprint density at radius 3 is 3.10 bits per heavy atom. The first-order chi connectivity index (χ1) is 4.77. The normalized spacial score (nSPS) is 11.0. The Balaban J connectivity index is 2.90. The molecule has 0 saturated heterocycles. The SMILES string of the molecule is Cc1cc2nnn(C)c2[nH]1. The Kier molecular flexibility index (Phi) is 0.869. The maximum absolute atomic E-state index is 3.92. The van der Waals surface area contributed by atoms with Crippen LogP contribution in [-0.4, -0.2) is 20.0 Å². The van der Waals surface area contributed by atoms with Crippen LogP contribution in [0.5, 0.6) is 0 Å². The van der Waals surface area contributed by atoms with E-state index in [2.05, 4.69) is 15.3 Å². The molecule has 10 heavy (non-hydrogen) atoms. The Labute approximate surface area is 57.8 Å². The van der Waals surface area contributed by atoms with Crippen LogP contribution < -0.4 is 0 Å². The van der Waals surface area contributed by atoms with E-state index in [1.54, 1.807) is 4.68 Å². The van der Waals surface area contributed by atoms with Crippen LogP contribution in [0.25, 0.3) is 11.2 Å². The topological polar surface area (TPSA) is 46.5 Å². The molecular weight excluding hydrogens is 128 g/mol. The van der Waals surface area contributed by atoms with E-state index in [1.165, 1.54) is 0 Å². The highest BCUT2D eigenvalue weighted by atomic mass is 15.4. The summed E-state index contributed by atoms with van der Waals surface area (Å²) in [7, 11) is 1.87. The third-order valence-electron chi connectivity index (χ3n) is 1.52. The lowest BCUT2D eigenvalue weighted by Gasteiger charge is -1.84. The molecule has 0 fully saturated rings. The van der Waals surface area contributed by atoms with Gasteiger partial charge >= 0.3 is 0 Å². The van der Waals surface area contributed by atoms with Gasteiger partial charge in [-0.25, -0.2) is 4.68 Å². The number of aryl methyl sites for hydroxylation is 2. The first-order valence-electron chi connectivity index (χ1n) is 3.12. The lowest BCUT2D eigenvalue weighted by atomic mass is 10.5. The van der Waals surface area contributed by atoms with Gasteiger partial charge in [0.1, 0.15) is 5.52 Å². The van der Waals surface area contributed by atoms with E-state index < -0.39 is 0 Å². The largest absolute Gasteiger partial charge is 0.342 e. The molecule has 4 nitrogen and oxygen atoms in total. The zero-order chi connectivity index (χ0) is 7.14. The molecule has 2 heterocycles. The maximum Gasteiger partial charge on any atom is 0.156 e. The van der Waals surface area contributed by atoms with Gasteiger partial charge in [-0.1, -0.05) is 5.21 Å². The lowest BCUT2D eigenvalue weighted by Crippen LogP contribution is -1.90. The number of rotatable bonds is 0. The molecule has 4 heteroatoms. The highest BCUT2D eigenvalue weighted by Gasteiger charge is 2.01. The van der Waals surface area contributed by atoms with Crippen LogP contribution >= 0.6 is 0 Å². The van der Waals surface area contributed by atoms with Crippen molar-refractivity contribution in [3.8, 4) is 0 Å². The summed E-state index contributed by atoms with van der Waals surface area (Å²) in [5.74, 6) is 0. The van der Waals surface area contributed by atoms with Gasteiger partial charge in [-0.15, -0.1) is 5.10 Å². The minimum atomic E-state index is 0.931. The summed E-state index contributed by atoms with van der Waals surface area (Å²) in [6.07, 6.45) is 0. The number of hydrogen-bond donors (Lipinski definition) is 1. The first kappa shape index (κ1) is 5.46. The maximum atomic E-state index is 3.92. The molecule has 0 unspecified atom stereocenters. The van der Waals surface area contributed by atoms with Crippen molar-refractivity contribution in [1.29, 1.82) is 0 Å². The number of hydrogen-bond acceptors (Lipinski definition) is 2. The average Bonchev–Trinajstić information content (AvgIpc) is 2.35. The molecule has 1 N–H and O–H groups in total. The van der Waals surface area contributed by atoms with Gasteiger partial charge in [0.05, 0.1) is 0 Å². The Hall–Kier alpha value is -1.32. The molecule has 0 aliphatic carbocycles. The van der Waals surface area contributed by atoms with Gasteiger partial charge in [-0.3, -0.25) is 0 Å². The predicted molar refractivity (Wildman–Crippen MR) is 37.6 cm³/mol. The smallest absolute Gasteiger partial charge is 0.156 e. The van der Waals surface area contributed by atoms with Gasteiger partial charge in [-0.05, 0) is 13.0 Å². The minimum absolute atomic E-state index is 0.931. The summed E-state index contributed by atoms with van der Waals surface area (Å²) < 4.78 is 1.72. The summed E-state index contributed by atoms with van der Waals surface area (Å²) in [5, 5.41) is 7.75. The number of fused-ring (bicyclic) bond motifs is 1. The van der Waals surface area contributed by atoms with Gasteiger partial charge < -0.3 is 4.98 Å². The minimum Gasteiger partial charge on any atom is -0.342 e. The van der Waals surface area contributed by atoms with E-state index in [9.17, 15) is 0 Å². The number of nitrogens with zero attached hydrogens (tertiary/aromatic N) is 3. The fraction of sp³-hybridized carbons (Fsp3) is 0.333. The van der Waals surface area contributed by atoms with E-state index in [0.29, 0.717) is 0 Å². The molecule has 0 radical (unpaired) electrons. The zero-order valence-corrected chi connectivity index (χ0v) is 5.92. The molecule has 0 spiro atoms. The van der Waals surface area contributed by atoms with Crippen molar-refractivity contribution < 1.29 is 0 Å². The monoisotopic (exact) mass is 136 g/mol. The number of H-pyrrole nitrogens is 1. The molecule has 0 amide bonds. The Morgan fingerprint density at radius 1 is 1.60 bits per heavy atom. The molecule has 0 atom stereocenters. The molecule has 0 aliphatic heterocycles. The standard InChI is InChI=1S/C6H8N4/c1-4-3-5-6(7-4)10(2)9-8-5/h3,7H,1-2H3. The van der Waals surface area contributed by atoms with Gasteiger partial charge in [0.2, 0.25) is 0 Å². The van der Waals surface area contributed by atoms with Crippen molar-refractivity contribution in [1.82, 2.24) is 20.0 Å². The molecule has 52 valence electrons. The lowest BCUT2D eigenvalue weighted by molar-refractivity contribution is 0.728. The van der Waals surface area contributed by atoms with Crippen LogP contribution in [0.15, 0.2) is 6.07 Å². The number of aromatic nitrogens is 4. The molecule has 2 aromatic heterocycles. The number of nitrogens with one attached hydrogen (secondary N) is 1. The van der Waals surface area contributed by atoms with Gasteiger partial charge in [0.15, 0.2) is 5.65 Å². The quantitative estimate of drug-likeness (QED) is 0.576. The van der Waals surface area contributed by atoms with Crippen LogP contribution in [-0.2, 0) is 7.05 Å². The van der Waals surface area contributed by atoms with E-state index in [0.717, 1.165) is 16.9 Å². The van der Waals surface area contributed by atoms with Crippen molar-refractivity contribution in [2.24, 2.45) is 7.05 Å². The second-order valence-electron chi connectivity index (χ2n) is 2.40. The Bertz CT molecular complexity index is 357. The Morgan fingerprint density at radius 2 is 2.40 bits per heavy atom. The van der Waals surface area contributed by atoms with Crippen LogP contribution in [0.1, 0.15) is 5.69 Å². The summed E-state index contributed by atoms with van der Waals surface area (Å²) in [6.45, 7) is 2.00. The van der Waals surface area contributed by atoms with Gasteiger partial charge in [-0.2, -0.15) is 0 Å². The first-order valence-corrected chi connectivity index (χ1v) is 3.12. The van der Waals surface area contributed by atoms with Crippen molar-refractivity contribution in [3.05, 3.63) is 11.8 Å². The summed E-state index contributed by atoms with van der Waals surface area (Å²) >= 11 is 0. The van der Waals surface area contributed by atoms with Crippen LogP contribution in [0.4, 0.5) is 0 Å². The van der Waals surface area contributed by atoms with Crippen molar-refractivity contribution in [2.75, 3.05) is 0 Å². The molecule has 0 saturated carbocycles. The van der Waals surface area contributed by atoms with Gasteiger partial charge in [0.25, 0.3) is 0 Å². The second kappa shape index (κ2) is 1.59. The molecule has 2 rings (SSSR count). The highest BCUT2D eigenvalue weighted by molar-refractivity contribution is 5.71. The summed E-state index contributed by atoms with van der Waals surface area (Å²) in [5.41, 5.74) is 3.04. The van der Waals surface area contributed by atoms with E-state index in [4.69, 9.17) is 0 Å². The highest BCUT2D eigenvalue weighted by Crippen LogP contribution is 2.08. The molecule has 2 aromatic rings. The molecule has 0 aromatic carbocycles. The summed E-state index contributed by atoms with van der Waals surface area (Å²) in [4.78, 5) is 3.14. The molecular formula is C6H8N4. The average molecular weight is 136 g/mol. The van der Waals surface area contributed by atoms with Crippen LogP contribution in [0.3, 0.4) is 0 Å². The second-order valence-corrected chi connectivity index (χ2v) is 2.40. The van der Waals surface area contributed by atoms with Crippen LogP contribution in [0, 0.1) is 6.92 Å². The van der Waals surface area contributed by atoms with Crippen molar-refractivity contribution in [2.45, 2.75) is 6.92 Å². The van der Waals surface area contributed by atoms with E-state index in [-0.39, 0.29) is 0 Å². The third-order valence-corrected chi connectivity index (χ3v) is 1.52. The third kappa shape index (κ3) is 0.556. The van der Waals surface area contributed by atoms with E-state index >= 15 is 0 Å². The van der Waals surface area contributed by atoms with E-state index in [1.807, 2.05) is 20.0 Å². The van der Waals surface area contributed by atoms with Crippen molar-refractivity contribution in [3.63, 3.8) is 0 Å². The summed E-state index contributed by atoms with van der Waals surface area (Å²) in [6, 6.07) is 1.97. The fourth-order valence-corrected chi connectivity index (χ4v) is 1.04. The van der Waals surface area contributed by atoms with Crippen molar-refractivity contribution >= 4 is 11.2 Å².